The van der Waals surface area contributed by atoms with Crippen LogP contribution in [0.15, 0.2) is 72.9 Å². The van der Waals surface area contributed by atoms with Gasteiger partial charge in [0.05, 0.1) is 24.1 Å². The van der Waals surface area contributed by atoms with Crippen LogP contribution in [0.3, 0.4) is 0 Å². The second-order valence-electron chi connectivity index (χ2n) is 7.12. The van der Waals surface area contributed by atoms with Crippen LogP contribution in [-0.4, -0.2) is 17.5 Å². The van der Waals surface area contributed by atoms with Gasteiger partial charge in [-0.1, -0.05) is 24.3 Å². The Morgan fingerprint density at radius 2 is 1.91 bits per heavy atom. The number of hydrogen-bond acceptors (Lipinski definition) is 4. The van der Waals surface area contributed by atoms with Gasteiger partial charge in [0.2, 0.25) is 11.8 Å². The first-order valence-electron chi connectivity index (χ1n) is 9.93. The summed E-state index contributed by atoms with van der Waals surface area (Å²) in [5.41, 5.74) is 0.770. The van der Waals surface area contributed by atoms with Crippen molar-refractivity contribution in [2.24, 2.45) is 0 Å². The zero-order valence-corrected chi connectivity index (χ0v) is 16.9. The molecule has 3 aromatic rings. The van der Waals surface area contributed by atoms with E-state index in [1.165, 1.54) is 18.3 Å². The number of nitrogens with zero attached hydrogens (tertiary/aromatic N) is 1. The van der Waals surface area contributed by atoms with E-state index in [9.17, 15) is 18.0 Å². The Balaban J connectivity index is 1.48. The molecule has 0 saturated carbocycles. The highest BCUT2D eigenvalue weighted by atomic mass is 19.4. The molecule has 2 aromatic carbocycles. The average Bonchev–Trinajstić information content (AvgIpc) is 2.97. The number of ether oxygens (including phenoxy) is 2. The van der Waals surface area contributed by atoms with Gasteiger partial charge in [0.1, 0.15) is 11.5 Å². The molecule has 5 nitrogen and oxygen atoms in total. The third kappa shape index (κ3) is 5.26. The van der Waals surface area contributed by atoms with Gasteiger partial charge in [-0.2, -0.15) is 13.2 Å². The van der Waals surface area contributed by atoms with Crippen molar-refractivity contribution in [1.29, 1.82) is 0 Å². The summed E-state index contributed by atoms with van der Waals surface area (Å²) >= 11 is 0. The highest BCUT2D eigenvalue weighted by Crippen LogP contribution is 2.38. The number of allylic oxidation sites excluding steroid dienone is 1. The molecule has 1 aromatic heterocycles. The summed E-state index contributed by atoms with van der Waals surface area (Å²) in [6.07, 6.45) is -0.519. The SMILES string of the molecule is O=C(/C=C1\CCCOc2cc(C(F)(F)F)ccc21)Nc1ccc(Oc2ccccc2)nc1. The third-order valence-electron chi connectivity index (χ3n) is 4.78. The van der Waals surface area contributed by atoms with Gasteiger partial charge in [0.25, 0.3) is 0 Å². The van der Waals surface area contributed by atoms with E-state index < -0.39 is 17.6 Å². The first kappa shape index (κ1) is 21.4. The summed E-state index contributed by atoms with van der Waals surface area (Å²) in [6, 6.07) is 15.8. The average molecular weight is 440 g/mol. The molecular formula is C24H19F3N2O3. The van der Waals surface area contributed by atoms with E-state index in [0.29, 0.717) is 41.3 Å². The molecule has 164 valence electrons. The van der Waals surface area contributed by atoms with Crippen molar-refractivity contribution in [3.8, 4) is 17.4 Å². The summed E-state index contributed by atoms with van der Waals surface area (Å²) in [4.78, 5) is 16.7. The Bertz CT molecular complexity index is 1130. The molecule has 8 heteroatoms. The van der Waals surface area contributed by atoms with E-state index in [0.717, 1.165) is 12.1 Å². The number of nitrogens with one attached hydrogen (secondary N) is 1. The zero-order chi connectivity index (χ0) is 22.6. The van der Waals surface area contributed by atoms with Crippen LogP contribution in [0, 0.1) is 0 Å². The molecule has 0 atom stereocenters. The maximum absolute atomic E-state index is 13.0. The fraction of sp³-hybridized carbons (Fsp3) is 0.167. The minimum absolute atomic E-state index is 0.125. The number of hydrogen-bond donors (Lipinski definition) is 1. The van der Waals surface area contributed by atoms with E-state index in [2.05, 4.69) is 10.3 Å². The highest BCUT2D eigenvalue weighted by molar-refractivity contribution is 6.04. The van der Waals surface area contributed by atoms with Crippen LogP contribution in [0.2, 0.25) is 0 Å². The number of aromatic nitrogens is 1. The summed E-state index contributed by atoms with van der Waals surface area (Å²) in [6.45, 7) is 0.278. The van der Waals surface area contributed by atoms with Crippen LogP contribution in [-0.2, 0) is 11.0 Å². The number of para-hydroxylation sites is 1. The Kier molecular flexibility index (Phi) is 6.11. The lowest BCUT2D eigenvalue weighted by Gasteiger charge is -2.13. The predicted molar refractivity (Wildman–Crippen MR) is 114 cm³/mol. The molecular weight excluding hydrogens is 421 g/mol. The van der Waals surface area contributed by atoms with Crippen LogP contribution in [0.1, 0.15) is 24.0 Å². The molecule has 4 rings (SSSR count). The molecule has 0 saturated heterocycles. The molecule has 0 radical (unpaired) electrons. The number of rotatable bonds is 4. The van der Waals surface area contributed by atoms with E-state index in [-0.39, 0.29) is 12.4 Å². The van der Waals surface area contributed by atoms with Gasteiger partial charge in [0.15, 0.2) is 0 Å². The minimum atomic E-state index is -4.46. The normalized spacial score (nSPS) is 14.8. The third-order valence-corrected chi connectivity index (χ3v) is 4.78. The first-order chi connectivity index (χ1) is 15.4. The van der Waals surface area contributed by atoms with Gasteiger partial charge >= 0.3 is 6.18 Å². The van der Waals surface area contributed by atoms with Gasteiger partial charge in [-0.15, -0.1) is 0 Å². The summed E-state index contributed by atoms with van der Waals surface area (Å²) in [5, 5.41) is 2.71. The minimum Gasteiger partial charge on any atom is -0.493 e. The Morgan fingerprint density at radius 3 is 2.62 bits per heavy atom. The molecule has 1 aliphatic heterocycles. The fourth-order valence-electron chi connectivity index (χ4n) is 3.27. The van der Waals surface area contributed by atoms with Gasteiger partial charge in [-0.3, -0.25) is 4.79 Å². The molecule has 2 heterocycles. The number of carbonyl (C=O) groups excluding carboxylic acids is 1. The topological polar surface area (TPSA) is 60.5 Å². The van der Waals surface area contributed by atoms with E-state index >= 15 is 0 Å². The molecule has 1 aliphatic rings. The van der Waals surface area contributed by atoms with Gasteiger partial charge in [-0.05, 0) is 48.7 Å². The molecule has 0 bridgehead atoms. The van der Waals surface area contributed by atoms with Crippen molar-refractivity contribution in [3.63, 3.8) is 0 Å². The number of carbonyl (C=O) groups is 1. The molecule has 0 aliphatic carbocycles. The lowest BCUT2D eigenvalue weighted by atomic mass is 9.99. The Morgan fingerprint density at radius 1 is 1.09 bits per heavy atom. The summed E-state index contributed by atoms with van der Waals surface area (Å²) in [5.74, 6) is 0.735. The van der Waals surface area contributed by atoms with Crippen LogP contribution in [0.25, 0.3) is 5.57 Å². The number of amides is 1. The molecule has 1 N–H and O–H groups in total. The van der Waals surface area contributed by atoms with Crippen molar-refractivity contribution < 1.29 is 27.4 Å². The maximum atomic E-state index is 13.0. The van der Waals surface area contributed by atoms with Crippen molar-refractivity contribution in [3.05, 3.63) is 84.1 Å². The molecule has 32 heavy (non-hydrogen) atoms. The monoisotopic (exact) mass is 440 g/mol. The van der Waals surface area contributed by atoms with Crippen molar-refractivity contribution in [2.75, 3.05) is 11.9 Å². The van der Waals surface area contributed by atoms with Crippen LogP contribution in [0.4, 0.5) is 18.9 Å². The predicted octanol–water partition coefficient (Wildman–Crippen LogP) is 6.09. The highest BCUT2D eigenvalue weighted by Gasteiger charge is 2.32. The molecule has 0 unspecified atom stereocenters. The number of halogens is 3. The maximum Gasteiger partial charge on any atom is 0.416 e. The molecule has 0 spiro atoms. The second-order valence-corrected chi connectivity index (χ2v) is 7.12. The van der Waals surface area contributed by atoms with E-state index in [1.54, 1.807) is 24.3 Å². The lowest BCUT2D eigenvalue weighted by Crippen LogP contribution is -2.09. The first-order valence-corrected chi connectivity index (χ1v) is 9.93. The van der Waals surface area contributed by atoms with Crippen LogP contribution < -0.4 is 14.8 Å². The number of anilines is 1. The van der Waals surface area contributed by atoms with E-state index in [1.807, 2.05) is 18.2 Å². The molecule has 0 fully saturated rings. The summed E-state index contributed by atoms with van der Waals surface area (Å²) < 4.78 is 50.1. The second kappa shape index (κ2) is 9.13. The number of benzene rings is 2. The van der Waals surface area contributed by atoms with Crippen molar-refractivity contribution in [1.82, 2.24) is 4.98 Å². The number of pyridine rings is 1. The standard InChI is InChI=1S/C24H19F3N2O3/c25-24(26,27)17-8-10-20-16(5-4-12-31-21(20)14-17)13-22(30)29-18-9-11-23(28-15-18)32-19-6-2-1-3-7-19/h1-3,6-11,13-15H,4-5,12H2,(H,29,30)/b16-13+. The fourth-order valence-corrected chi connectivity index (χ4v) is 3.27. The van der Waals surface area contributed by atoms with Crippen LogP contribution in [0.5, 0.6) is 17.4 Å². The zero-order valence-electron chi connectivity index (χ0n) is 16.9. The quantitative estimate of drug-likeness (QED) is 0.499. The number of alkyl halides is 3. The Hall–Kier alpha value is -3.81. The van der Waals surface area contributed by atoms with Gasteiger partial charge in [0, 0.05) is 17.7 Å². The lowest BCUT2D eigenvalue weighted by molar-refractivity contribution is -0.137. The molecule has 1 amide bonds. The van der Waals surface area contributed by atoms with Crippen molar-refractivity contribution in [2.45, 2.75) is 19.0 Å². The summed E-state index contributed by atoms with van der Waals surface area (Å²) in [7, 11) is 0. The largest absolute Gasteiger partial charge is 0.493 e. The Labute approximate surface area is 182 Å². The van der Waals surface area contributed by atoms with E-state index in [4.69, 9.17) is 9.47 Å². The van der Waals surface area contributed by atoms with Gasteiger partial charge < -0.3 is 14.8 Å². The number of fused-ring (bicyclic) bond motifs is 1. The smallest absolute Gasteiger partial charge is 0.416 e. The van der Waals surface area contributed by atoms with Crippen LogP contribution >= 0.6 is 0 Å². The van der Waals surface area contributed by atoms with Crippen molar-refractivity contribution >= 4 is 17.2 Å². The van der Waals surface area contributed by atoms with Gasteiger partial charge in [-0.25, -0.2) is 4.98 Å².